The van der Waals surface area contributed by atoms with Crippen LogP contribution in [0, 0.1) is 24.2 Å². The number of rotatable bonds is 4. The molecule has 2 aromatic carbocycles. The summed E-state index contributed by atoms with van der Waals surface area (Å²) >= 11 is 0. The van der Waals surface area contributed by atoms with Crippen LogP contribution in [0.15, 0.2) is 48.5 Å². The third kappa shape index (κ3) is 5.35. The van der Waals surface area contributed by atoms with Gasteiger partial charge in [-0.3, -0.25) is 4.79 Å². The van der Waals surface area contributed by atoms with Crippen molar-refractivity contribution in [3.63, 3.8) is 0 Å². The second kappa shape index (κ2) is 9.24. The summed E-state index contributed by atoms with van der Waals surface area (Å²) in [5, 5.41) is 11.8. The van der Waals surface area contributed by atoms with Gasteiger partial charge >= 0.3 is 6.03 Å². The lowest BCUT2D eigenvalue weighted by Gasteiger charge is -2.34. The number of anilines is 1. The molecule has 29 heavy (non-hydrogen) atoms. The van der Waals surface area contributed by atoms with Crippen molar-refractivity contribution in [3.05, 3.63) is 65.2 Å². The number of benzene rings is 2. The Balaban J connectivity index is 1.57. The number of nitriles is 1. The number of nitrogens with zero attached hydrogens (tertiary/aromatic N) is 3. The highest BCUT2D eigenvalue weighted by atomic mass is 16.2. The predicted octanol–water partition coefficient (Wildman–Crippen LogP) is 3.77. The quantitative estimate of drug-likeness (QED) is 0.863. The van der Waals surface area contributed by atoms with Crippen molar-refractivity contribution in [3.8, 4) is 6.07 Å². The maximum atomic E-state index is 12.9. The summed E-state index contributed by atoms with van der Waals surface area (Å²) in [6.07, 6.45) is 1.59. The molecule has 1 saturated heterocycles. The highest BCUT2D eigenvalue weighted by Gasteiger charge is 2.30. The van der Waals surface area contributed by atoms with Crippen molar-refractivity contribution in [1.29, 1.82) is 5.26 Å². The lowest BCUT2D eigenvalue weighted by molar-refractivity contribution is -0.136. The molecule has 1 atom stereocenters. The van der Waals surface area contributed by atoms with Crippen LogP contribution in [0.25, 0.3) is 0 Å². The standard InChI is InChI=1S/C23H26N4O2/c1-17-5-3-7-21(13-17)25-23(29)27-12-4-6-20(16-27)22(28)26(2)15-19-10-8-18(14-24)9-11-19/h3,5,7-11,13,20H,4,6,12,15-16H2,1-2H3,(H,25,29). The summed E-state index contributed by atoms with van der Waals surface area (Å²) < 4.78 is 0. The Kier molecular flexibility index (Phi) is 6.50. The molecular formula is C23H26N4O2. The minimum atomic E-state index is -0.199. The minimum Gasteiger partial charge on any atom is -0.341 e. The van der Waals surface area contributed by atoms with Crippen molar-refractivity contribution >= 4 is 17.6 Å². The first-order chi connectivity index (χ1) is 14.0. The number of amides is 3. The van der Waals surface area contributed by atoms with E-state index in [0.29, 0.717) is 25.2 Å². The van der Waals surface area contributed by atoms with E-state index < -0.39 is 0 Å². The van der Waals surface area contributed by atoms with Crippen LogP contribution in [0.5, 0.6) is 0 Å². The first-order valence-corrected chi connectivity index (χ1v) is 9.83. The Morgan fingerprint density at radius 3 is 2.69 bits per heavy atom. The summed E-state index contributed by atoms with van der Waals surface area (Å²) in [7, 11) is 1.78. The number of hydrogen-bond donors (Lipinski definition) is 1. The van der Waals surface area contributed by atoms with Gasteiger partial charge < -0.3 is 15.1 Å². The second-order valence-electron chi connectivity index (χ2n) is 7.59. The third-order valence-corrected chi connectivity index (χ3v) is 5.21. The summed E-state index contributed by atoms with van der Waals surface area (Å²) in [4.78, 5) is 29.0. The number of urea groups is 1. The summed E-state index contributed by atoms with van der Waals surface area (Å²) in [5.41, 5.74) is 3.43. The van der Waals surface area contributed by atoms with Gasteiger partial charge in [0.25, 0.3) is 0 Å². The smallest absolute Gasteiger partial charge is 0.321 e. The monoisotopic (exact) mass is 390 g/mol. The van der Waals surface area contributed by atoms with E-state index in [-0.39, 0.29) is 17.9 Å². The van der Waals surface area contributed by atoms with Crippen molar-refractivity contribution in [2.24, 2.45) is 5.92 Å². The van der Waals surface area contributed by atoms with Crippen LogP contribution in [-0.4, -0.2) is 41.9 Å². The zero-order chi connectivity index (χ0) is 20.8. The number of piperidine rings is 1. The zero-order valence-corrected chi connectivity index (χ0v) is 16.9. The Morgan fingerprint density at radius 2 is 2.00 bits per heavy atom. The SMILES string of the molecule is Cc1cccc(NC(=O)N2CCCC(C(=O)N(C)Cc3ccc(C#N)cc3)C2)c1. The molecule has 3 amide bonds. The summed E-state index contributed by atoms with van der Waals surface area (Å²) in [6, 6.07) is 16.9. The second-order valence-corrected chi connectivity index (χ2v) is 7.59. The van der Waals surface area contributed by atoms with E-state index in [4.69, 9.17) is 5.26 Å². The van der Waals surface area contributed by atoms with Gasteiger partial charge in [0.1, 0.15) is 0 Å². The number of aryl methyl sites for hydroxylation is 1. The molecule has 150 valence electrons. The molecule has 1 fully saturated rings. The molecule has 0 saturated carbocycles. The fourth-order valence-corrected chi connectivity index (χ4v) is 3.64. The number of likely N-dealkylation sites (tertiary alicyclic amines) is 1. The van der Waals surface area contributed by atoms with Crippen LogP contribution in [0.2, 0.25) is 0 Å². The molecular weight excluding hydrogens is 364 g/mol. The fraction of sp³-hybridized carbons (Fsp3) is 0.348. The van der Waals surface area contributed by atoms with E-state index in [1.807, 2.05) is 43.3 Å². The van der Waals surface area contributed by atoms with E-state index in [9.17, 15) is 9.59 Å². The molecule has 0 aliphatic carbocycles. The fourth-order valence-electron chi connectivity index (χ4n) is 3.64. The van der Waals surface area contributed by atoms with Crippen LogP contribution < -0.4 is 5.32 Å². The first-order valence-electron chi connectivity index (χ1n) is 9.83. The van der Waals surface area contributed by atoms with Crippen LogP contribution >= 0.6 is 0 Å². The third-order valence-electron chi connectivity index (χ3n) is 5.21. The van der Waals surface area contributed by atoms with Crippen LogP contribution in [0.3, 0.4) is 0 Å². The molecule has 1 N–H and O–H groups in total. The predicted molar refractivity (Wildman–Crippen MR) is 112 cm³/mol. The van der Waals surface area contributed by atoms with Gasteiger partial charge in [-0.2, -0.15) is 5.26 Å². The lowest BCUT2D eigenvalue weighted by Crippen LogP contribution is -2.47. The molecule has 6 heteroatoms. The summed E-state index contributed by atoms with van der Waals surface area (Å²) in [6.45, 7) is 3.54. The van der Waals surface area contributed by atoms with E-state index in [2.05, 4.69) is 11.4 Å². The normalized spacial score (nSPS) is 16.0. The van der Waals surface area contributed by atoms with Crippen LogP contribution in [0.4, 0.5) is 10.5 Å². The lowest BCUT2D eigenvalue weighted by atomic mass is 9.96. The molecule has 2 aromatic rings. The molecule has 1 aliphatic heterocycles. The maximum absolute atomic E-state index is 12.9. The highest BCUT2D eigenvalue weighted by molar-refractivity contribution is 5.90. The Labute approximate surface area is 171 Å². The molecule has 1 aliphatic rings. The molecule has 1 unspecified atom stereocenters. The number of carbonyl (C=O) groups excluding carboxylic acids is 2. The van der Waals surface area contributed by atoms with Crippen LogP contribution in [-0.2, 0) is 11.3 Å². The zero-order valence-electron chi connectivity index (χ0n) is 16.9. The highest BCUT2D eigenvalue weighted by Crippen LogP contribution is 2.21. The number of nitrogens with one attached hydrogen (secondary N) is 1. The van der Waals surface area contributed by atoms with Gasteiger partial charge in [-0.05, 0) is 55.2 Å². The van der Waals surface area contributed by atoms with Gasteiger partial charge in [0.05, 0.1) is 17.6 Å². The van der Waals surface area contributed by atoms with Gasteiger partial charge in [-0.1, -0.05) is 24.3 Å². The molecule has 0 radical (unpaired) electrons. The van der Waals surface area contributed by atoms with Gasteiger partial charge in [-0.15, -0.1) is 0 Å². The largest absolute Gasteiger partial charge is 0.341 e. The first kappa shape index (κ1) is 20.4. The number of carbonyl (C=O) groups is 2. The van der Waals surface area contributed by atoms with Gasteiger partial charge in [-0.25, -0.2) is 4.79 Å². The Hall–Kier alpha value is -3.33. The Bertz CT molecular complexity index is 917. The average molecular weight is 390 g/mol. The van der Waals surface area contributed by atoms with E-state index in [0.717, 1.165) is 29.7 Å². The van der Waals surface area contributed by atoms with Gasteiger partial charge in [0, 0.05) is 32.4 Å². The molecule has 0 bridgehead atoms. The van der Waals surface area contributed by atoms with E-state index in [1.165, 1.54) is 0 Å². The Morgan fingerprint density at radius 1 is 1.24 bits per heavy atom. The van der Waals surface area contributed by atoms with Gasteiger partial charge in [0.2, 0.25) is 5.91 Å². The van der Waals surface area contributed by atoms with Crippen molar-refractivity contribution in [1.82, 2.24) is 9.80 Å². The molecule has 6 nitrogen and oxygen atoms in total. The minimum absolute atomic E-state index is 0.0439. The van der Waals surface area contributed by atoms with Crippen molar-refractivity contribution < 1.29 is 9.59 Å². The van der Waals surface area contributed by atoms with Gasteiger partial charge in [0.15, 0.2) is 0 Å². The summed E-state index contributed by atoms with van der Waals surface area (Å²) in [5.74, 6) is -0.155. The molecule has 0 spiro atoms. The van der Waals surface area contributed by atoms with Crippen molar-refractivity contribution in [2.45, 2.75) is 26.3 Å². The average Bonchev–Trinajstić information content (AvgIpc) is 2.74. The van der Waals surface area contributed by atoms with Crippen LogP contribution in [0.1, 0.15) is 29.5 Å². The maximum Gasteiger partial charge on any atom is 0.321 e. The molecule has 3 rings (SSSR count). The number of hydrogen-bond acceptors (Lipinski definition) is 3. The van der Waals surface area contributed by atoms with E-state index in [1.54, 1.807) is 29.0 Å². The molecule has 1 heterocycles. The molecule has 0 aromatic heterocycles. The van der Waals surface area contributed by atoms with Crippen molar-refractivity contribution in [2.75, 3.05) is 25.5 Å². The topological polar surface area (TPSA) is 76.4 Å². The van der Waals surface area contributed by atoms with E-state index >= 15 is 0 Å².